The number of carbonyl (C=O) groups excluding carboxylic acids is 1. The van der Waals surface area contributed by atoms with Crippen LogP contribution in [0.4, 0.5) is 4.39 Å². The zero-order valence-electron chi connectivity index (χ0n) is 14.2. The Balaban J connectivity index is 1.77. The molecule has 2 aliphatic heterocycles. The lowest BCUT2D eigenvalue weighted by molar-refractivity contribution is 0.0480. The van der Waals surface area contributed by atoms with Gasteiger partial charge in [0.2, 0.25) is 0 Å². The standard InChI is InChI=1S/C19H27FN2O/c1-3-4-11-22(19(23)14-5-7-15(20)8-6-14)18-12-16-9-10-17(13-18)21(16)2/h5-8,16-18H,3-4,9-13H2,1-2H3/t16-,17-/m0/s1. The van der Waals surface area contributed by atoms with Crippen LogP contribution in [0, 0.1) is 5.82 Å². The summed E-state index contributed by atoms with van der Waals surface area (Å²) in [6.45, 7) is 2.96. The molecule has 1 amide bonds. The van der Waals surface area contributed by atoms with E-state index < -0.39 is 0 Å². The Morgan fingerprint density at radius 2 is 1.83 bits per heavy atom. The largest absolute Gasteiger partial charge is 0.336 e. The van der Waals surface area contributed by atoms with E-state index in [-0.39, 0.29) is 11.7 Å². The first kappa shape index (κ1) is 16.4. The van der Waals surface area contributed by atoms with E-state index in [9.17, 15) is 9.18 Å². The first-order valence-corrected chi connectivity index (χ1v) is 8.88. The molecule has 2 bridgehead atoms. The second-order valence-electron chi connectivity index (χ2n) is 7.03. The monoisotopic (exact) mass is 318 g/mol. The Hall–Kier alpha value is -1.42. The van der Waals surface area contributed by atoms with Crippen molar-refractivity contribution < 1.29 is 9.18 Å². The van der Waals surface area contributed by atoms with Gasteiger partial charge in [-0.2, -0.15) is 0 Å². The van der Waals surface area contributed by atoms with Gasteiger partial charge in [-0.1, -0.05) is 13.3 Å². The zero-order chi connectivity index (χ0) is 16.4. The van der Waals surface area contributed by atoms with E-state index in [4.69, 9.17) is 0 Å². The number of rotatable bonds is 5. The quantitative estimate of drug-likeness (QED) is 0.826. The van der Waals surface area contributed by atoms with Crippen LogP contribution in [-0.4, -0.2) is 47.4 Å². The highest BCUT2D eigenvalue weighted by Gasteiger charge is 2.41. The first-order valence-electron chi connectivity index (χ1n) is 8.88. The molecule has 0 aliphatic carbocycles. The lowest BCUT2D eigenvalue weighted by Gasteiger charge is -2.42. The van der Waals surface area contributed by atoms with E-state index in [1.54, 1.807) is 12.1 Å². The van der Waals surface area contributed by atoms with Gasteiger partial charge >= 0.3 is 0 Å². The molecule has 0 aromatic heterocycles. The number of halogens is 1. The SMILES string of the molecule is CCCCN(C(=O)c1ccc(F)cc1)C1C[C@@H]2CC[C@@H](C1)N2C. The molecule has 3 rings (SSSR count). The van der Waals surface area contributed by atoms with Crippen molar-refractivity contribution in [3.05, 3.63) is 35.6 Å². The van der Waals surface area contributed by atoms with E-state index in [2.05, 4.69) is 23.8 Å². The minimum absolute atomic E-state index is 0.0624. The average molecular weight is 318 g/mol. The molecule has 1 aromatic carbocycles. The second kappa shape index (κ2) is 7.00. The number of hydrogen-bond donors (Lipinski definition) is 0. The molecule has 2 fully saturated rings. The number of fused-ring (bicyclic) bond motifs is 2. The topological polar surface area (TPSA) is 23.6 Å². The summed E-state index contributed by atoms with van der Waals surface area (Å²) in [5.41, 5.74) is 0.605. The fourth-order valence-electron chi connectivity index (χ4n) is 4.17. The van der Waals surface area contributed by atoms with Crippen molar-refractivity contribution in [3.63, 3.8) is 0 Å². The van der Waals surface area contributed by atoms with Crippen molar-refractivity contribution in [1.29, 1.82) is 0 Å². The van der Waals surface area contributed by atoms with Gasteiger partial charge in [-0.15, -0.1) is 0 Å². The summed E-state index contributed by atoms with van der Waals surface area (Å²) in [4.78, 5) is 17.5. The van der Waals surface area contributed by atoms with Gasteiger partial charge < -0.3 is 9.80 Å². The molecule has 23 heavy (non-hydrogen) atoms. The molecule has 1 aromatic rings. The molecule has 0 N–H and O–H groups in total. The number of benzene rings is 1. The first-order chi connectivity index (χ1) is 11.1. The normalized spacial score (nSPS) is 27.2. The average Bonchev–Trinajstić information content (AvgIpc) is 2.76. The van der Waals surface area contributed by atoms with Crippen LogP contribution >= 0.6 is 0 Å². The van der Waals surface area contributed by atoms with Crippen molar-refractivity contribution in [2.24, 2.45) is 0 Å². The van der Waals surface area contributed by atoms with Gasteiger partial charge in [0.15, 0.2) is 0 Å². The van der Waals surface area contributed by atoms with Crippen molar-refractivity contribution in [2.45, 2.75) is 63.6 Å². The predicted octanol–water partition coefficient (Wildman–Crippen LogP) is 3.69. The lowest BCUT2D eigenvalue weighted by Crippen LogP contribution is -2.51. The molecule has 0 saturated carbocycles. The molecule has 2 aliphatic rings. The number of amides is 1. The highest BCUT2D eigenvalue weighted by Crippen LogP contribution is 2.36. The summed E-state index contributed by atoms with van der Waals surface area (Å²) in [6.07, 6.45) is 6.75. The Morgan fingerprint density at radius 1 is 1.22 bits per heavy atom. The second-order valence-corrected chi connectivity index (χ2v) is 7.03. The third-order valence-electron chi connectivity index (χ3n) is 5.62. The molecule has 0 unspecified atom stereocenters. The van der Waals surface area contributed by atoms with Crippen LogP contribution in [0.2, 0.25) is 0 Å². The predicted molar refractivity (Wildman–Crippen MR) is 89.9 cm³/mol. The molecule has 126 valence electrons. The highest BCUT2D eigenvalue weighted by molar-refractivity contribution is 5.94. The fourth-order valence-corrected chi connectivity index (χ4v) is 4.17. The number of carbonyl (C=O) groups is 1. The Morgan fingerprint density at radius 3 is 2.39 bits per heavy atom. The Kier molecular flexibility index (Phi) is 5.00. The molecule has 2 saturated heterocycles. The third-order valence-corrected chi connectivity index (χ3v) is 5.62. The maximum atomic E-state index is 13.1. The van der Waals surface area contributed by atoms with Crippen LogP contribution in [0.25, 0.3) is 0 Å². The van der Waals surface area contributed by atoms with Crippen LogP contribution < -0.4 is 0 Å². The number of hydrogen-bond acceptors (Lipinski definition) is 2. The summed E-state index contributed by atoms with van der Waals surface area (Å²) >= 11 is 0. The van der Waals surface area contributed by atoms with E-state index in [0.29, 0.717) is 23.7 Å². The van der Waals surface area contributed by atoms with Crippen LogP contribution in [0.5, 0.6) is 0 Å². The third kappa shape index (κ3) is 3.42. The minimum Gasteiger partial charge on any atom is -0.336 e. The van der Waals surface area contributed by atoms with Crippen molar-refractivity contribution in [1.82, 2.24) is 9.80 Å². The molecule has 3 nitrogen and oxygen atoms in total. The van der Waals surface area contributed by atoms with Gasteiger partial charge in [-0.25, -0.2) is 4.39 Å². The molecule has 0 spiro atoms. The van der Waals surface area contributed by atoms with Crippen LogP contribution in [-0.2, 0) is 0 Å². The van der Waals surface area contributed by atoms with Gasteiger partial charge in [0.1, 0.15) is 5.82 Å². The smallest absolute Gasteiger partial charge is 0.254 e. The maximum absolute atomic E-state index is 13.1. The lowest BCUT2D eigenvalue weighted by atomic mass is 9.95. The van der Waals surface area contributed by atoms with Crippen LogP contribution in [0.3, 0.4) is 0 Å². The summed E-state index contributed by atoms with van der Waals surface area (Å²) in [7, 11) is 2.22. The molecule has 4 heteroatoms. The van der Waals surface area contributed by atoms with Gasteiger partial charge in [-0.3, -0.25) is 4.79 Å². The maximum Gasteiger partial charge on any atom is 0.254 e. The van der Waals surface area contributed by atoms with Gasteiger partial charge in [-0.05, 0) is 63.4 Å². The summed E-state index contributed by atoms with van der Waals surface area (Å²) < 4.78 is 13.1. The fraction of sp³-hybridized carbons (Fsp3) is 0.632. The molecular weight excluding hydrogens is 291 g/mol. The van der Waals surface area contributed by atoms with Gasteiger partial charge in [0.05, 0.1) is 0 Å². The van der Waals surface area contributed by atoms with Gasteiger partial charge in [0, 0.05) is 30.2 Å². The summed E-state index contributed by atoms with van der Waals surface area (Å²) in [6, 6.07) is 7.54. The Labute approximate surface area is 138 Å². The molecule has 2 heterocycles. The van der Waals surface area contributed by atoms with E-state index in [0.717, 1.165) is 32.2 Å². The van der Waals surface area contributed by atoms with Gasteiger partial charge in [0.25, 0.3) is 5.91 Å². The molecule has 0 radical (unpaired) electrons. The Bertz CT molecular complexity index is 531. The van der Waals surface area contributed by atoms with Crippen molar-refractivity contribution in [3.8, 4) is 0 Å². The zero-order valence-corrected chi connectivity index (χ0v) is 14.2. The van der Waals surface area contributed by atoms with E-state index >= 15 is 0 Å². The summed E-state index contributed by atoms with van der Waals surface area (Å²) in [5.74, 6) is -0.230. The minimum atomic E-state index is -0.293. The number of piperidine rings is 1. The van der Waals surface area contributed by atoms with Crippen molar-refractivity contribution in [2.75, 3.05) is 13.6 Å². The molecule has 2 atom stereocenters. The highest BCUT2D eigenvalue weighted by atomic mass is 19.1. The number of nitrogens with zero attached hydrogens (tertiary/aromatic N) is 2. The van der Waals surface area contributed by atoms with E-state index in [1.165, 1.54) is 25.0 Å². The van der Waals surface area contributed by atoms with Crippen molar-refractivity contribution >= 4 is 5.91 Å². The van der Waals surface area contributed by atoms with E-state index in [1.807, 2.05) is 0 Å². The van der Waals surface area contributed by atoms with Crippen LogP contribution in [0.1, 0.15) is 55.8 Å². The molecular formula is C19H27FN2O. The van der Waals surface area contributed by atoms with Crippen LogP contribution in [0.15, 0.2) is 24.3 Å². The summed E-state index contributed by atoms with van der Waals surface area (Å²) in [5, 5.41) is 0. The number of unbranched alkanes of at least 4 members (excludes halogenated alkanes) is 1.